The Bertz CT molecular complexity index is 396. The number of hydrogen-bond acceptors (Lipinski definition) is 3. The summed E-state index contributed by atoms with van der Waals surface area (Å²) in [5.74, 6) is 1.90. The quantitative estimate of drug-likeness (QED) is 0.921. The van der Waals surface area contributed by atoms with Crippen molar-refractivity contribution in [2.45, 2.75) is 12.1 Å². The molecule has 1 fully saturated rings. The summed E-state index contributed by atoms with van der Waals surface area (Å²) in [6.07, 6.45) is 0. The number of rotatable bonds is 3. The Kier molecular flexibility index (Phi) is 4.90. The average molecular weight is 289 g/mol. The third-order valence-corrected chi connectivity index (χ3v) is 4.83. The maximum atomic E-state index is 14.0. The Morgan fingerprint density at radius 3 is 2.94 bits per heavy atom. The number of likely N-dealkylation sites (N-methyl/N-ethyl adjacent to an activating group) is 2. The maximum Gasteiger partial charge on any atom is 0.129 e. The topological polar surface area (TPSA) is 15.3 Å². The molecule has 0 aromatic heterocycles. The standard InChI is InChI=1S/C13H18ClFN2S/c1-16-13(11-8-18-7-6-17(11)2)12-9(14)4-3-5-10(12)15/h3-5,11,13,16H,6-8H2,1-2H3. The smallest absolute Gasteiger partial charge is 0.129 e. The first-order chi connectivity index (χ1) is 8.65. The Labute approximate surface area is 117 Å². The van der Waals surface area contributed by atoms with Gasteiger partial charge in [-0.25, -0.2) is 4.39 Å². The lowest BCUT2D eigenvalue weighted by Gasteiger charge is -2.38. The van der Waals surface area contributed by atoms with Crippen molar-refractivity contribution in [2.75, 3.05) is 32.1 Å². The molecule has 1 aromatic rings. The van der Waals surface area contributed by atoms with Crippen molar-refractivity contribution in [1.29, 1.82) is 0 Å². The van der Waals surface area contributed by atoms with Gasteiger partial charge in [-0.1, -0.05) is 17.7 Å². The molecule has 1 aliphatic heterocycles. The Hall–Kier alpha value is -0.290. The van der Waals surface area contributed by atoms with Crippen molar-refractivity contribution in [3.05, 3.63) is 34.6 Å². The first-order valence-electron chi connectivity index (χ1n) is 6.04. The van der Waals surface area contributed by atoms with Crippen LogP contribution in [0.3, 0.4) is 0 Å². The van der Waals surface area contributed by atoms with Gasteiger partial charge in [-0.05, 0) is 26.2 Å². The van der Waals surface area contributed by atoms with Crippen molar-refractivity contribution in [1.82, 2.24) is 10.2 Å². The van der Waals surface area contributed by atoms with Crippen LogP contribution in [0.4, 0.5) is 4.39 Å². The highest BCUT2D eigenvalue weighted by atomic mass is 35.5. The average Bonchev–Trinajstić information content (AvgIpc) is 2.35. The number of thioether (sulfide) groups is 1. The van der Waals surface area contributed by atoms with E-state index in [4.69, 9.17) is 11.6 Å². The molecule has 1 aromatic carbocycles. The predicted molar refractivity (Wildman–Crippen MR) is 77.0 cm³/mol. The molecular weight excluding hydrogens is 271 g/mol. The fourth-order valence-corrected chi connectivity index (χ4v) is 3.95. The minimum absolute atomic E-state index is 0.0727. The van der Waals surface area contributed by atoms with Crippen molar-refractivity contribution in [3.8, 4) is 0 Å². The van der Waals surface area contributed by atoms with Crippen molar-refractivity contribution < 1.29 is 4.39 Å². The molecule has 1 saturated heterocycles. The Morgan fingerprint density at radius 2 is 2.33 bits per heavy atom. The normalized spacial score (nSPS) is 23.0. The van der Waals surface area contributed by atoms with Gasteiger partial charge < -0.3 is 5.32 Å². The minimum atomic E-state index is -0.231. The fraction of sp³-hybridized carbons (Fsp3) is 0.538. The van der Waals surface area contributed by atoms with Gasteiger partial charge in [0.1, 0.15) is 5.82 Å². The zero-order valence-corrected chi connectivity index (χ0v) is 12.2. The van der Waals surface area contributed by atoms with E-state index in [1.54, 1.807) is 12.1 Å². The molecule has 2 unspecified atom stereocenters. The van der Waals surface area contributed by atoms with Crippen molar-refractivity contribution >= 4 is 23.4 Å². The van der Waals surface area contributed by atoms with Crippen LogP contribution in [0.2, 0.25) is 5.02 Å². The first-order valence-corrected chi connectivity index (χ1v) is 7.57. The molecule has 1 aliphatic rings. The van der Waals surface area contributed by atoms with Crippen LogP contribution in [0.1, 0.15) is 11.6 Å². The van der Waals surface area contributed by atoms with Gasteiger partial charge in [0.05, 0.1) is 6.04 Å². The van der Waals surface area contributed by atoms with Gasteiger partial charge in [-0.2, -0.15) is 11.8 Å². The lowest BCUT2D eigenvalue weighted by molar-refractivity contribution is 0.218. The van der Waals surface area contributed by atoms with E-state index in [0.29, 0.717) is 10.6 Å². The Balaban J connectivity index is 2.32. The summed E-state index contributed by atoms with van der Waals surface area (Å²) < 4.78 is 14.0. The fourth-order valence-electron chi connectivity index (χ4n) is 2.39. The molecule has 1 N–H and O–H groups in total. The molecule has 0 radical (unpaired) electrons. The van der Waals surface area contributed by atoms with Crippen LogP contribution in [0.25, 0.3) is 0 Å². The van der Waals surface area contributed by atoms with Crippen LogP contribution in [0.15, 0.2) is 18.2 Å². The Morgan fingerprint density at radius 1 is 1.56 bits per heavy atom. The van der Waals surface area contributed by atoms with E-state index in [9.17, 15) is 4.39 Å². The third kappa shape index (κ3) is 2.82. The molecular formula is C13H18ClFN2S. The van der Waals surface area contributed by atoms with Gasteiger partial charge >= 0.3 is 0 Å². The van der Waals surface area contributed by atoms with Crippen LogP contribution in [-0.4, -0.2) is 43.1 Å². The lowest BCUT2D eigenvalue weighted by Crippen LogP contribution is -2.47. The number of benzene rings is 1. The second-order valence-electron chi connectivity index (χ2n) is 4.52. The number of nitrogens with zero attached hydrogens (tertiary/aromatic N) is 1. The molecule has 0 spiro atoms. The summed E-state index contributed by atoms with van der Waals surface area (Å²) in [4.78, 5) is 2.28. The minimum Gasteiger partial charge on any atom is -0.312 e. The third-order valence-electron chi connectivity index (χ3n) is 3.45. The lowest BCUT2D eigenvalue weighted by atomic mass is 9.98. The molecule has 0 saturated carbocycles. The van der Waals surface area contributed by atoms with E-state index >= 15 is 0 Å². The molecule has 2 rings (SSSR count). The molecule has 18 heavy (non-hydrogen) atoms. The van der Waals surface area contributed by atoms with Gasteiger partial charge in [0.25, 0.3) is 0 Å². The molecule has 5 heteroatoms. The van der Waals surface area contributed by atoms with Gasteiger partial charge in [0.2, 0.25) is 0 Å². The molecule has 2 nitrogen and oxygen atoms in total. The molecule has 1 heterocycles. The van der Waals surface area contributed by atoms with E-state index in [2.05, 4.69) is 17.3 Å². The highest BCUT2D eigenvalue weighted by molar-refractivity contribution is 7.99. The molecule has 100 valence electrons. The van der Waals surface area contributed by atoms with E-state index in [1.165, 1.54) is 6.07 Å². The van der Waals surface area contributed by atoms with E-state index in [-0.39, 0.29) is 17.9 Å². The highest BCUT2D eigenvalue weighted by Crippen LogP contribution is 2.32. The van der Waals surface area contributed by atoms with Crippen molar-refractivity contribution in [2.24, 2.45) is 0 Å². The zero-order valence-electron chi connectivity index (χ0n) is 10.6. The van der Waals surface area contributed by atoms with Crippen LogP contribution < -0.4 is 5.32 Å². The van der Waals surface area contributed by atoms with E-state index in [0.717, 1.165) is 18.1 Å². The second kappa shape index (κ2) is 6.24. The summed E-state index contributed by atoms with van der Waals surface area (Å²) in [5, 5.41) is 3.72. The number of nitrogens with one attached hydrogen (secondary N) is 1. The van der Waals surface area contributed by atoms with Crippen LogP contribution >= 0.6 is 23.4 Å². The summed E-state index contributed by atoms with van der Waals surface area (Å²) in [5.41, 5.74) is 0.584. The van der Waals surface area contributed by atoms with Gasteiger partial charge in [0, 0.05) is 34.7 Å². The van der Waals surface area contributed by atoms with Crippen LogP contribution in [-0.2, 0) is 0 Å². The summed E-state index contributed by atoms with van der Waals surface area (Å²) in [6, 6.07) is 5.06. The van der Waals surface area contributed by atoms with Gasteiger partial charge in [0.15, 0.2) is 0 Å². The second-order valence-corrected chi connectivity index (χ2v) is 6.08. The largest absolute Gasteiger partial charge is 0.312 e. The van der Waals surface area contributed by atoms with E-state index in [1.807, 2.05) is 18.8 Å². The molecule has 0 bridgehead atoms. The van der Waals surface area contributed by atoms with E-state index < -0.39 is 0 Å². The van der Waals surface area contributed by atoms with Crippen LogP contribution in [0, 0.1) is 5.82 Å². The van der Waals surface area contributed by atoms with Gasteiger partial charge in [-0.15, -0.1) is 0 Å². The summed E-state index contributed by atoms with van der Waals surface area (Å²) in [6.45, 7) is 1.03. The van der Waals surface area contributed by atoms with Crippen molar-refractivity contribution in [3.63, 3.8) is 0 Å². The maximum absolute atomic E-state index is 14.0. The van der Waals surface area contributed by atoms with Gasteiger partial charge in [-0.3, -0.25) is 4.90 Å². The zero-order chi connectivity index (χ0) is 13.1. The summed E-state index contributed by atoms with van der Waals surface area (Å²) >= 11 is 8.07. The monoisotopic (exact) mass is 288 g/mol. The predicted octanol–water partition coefficient (Wildman–Crippen LogP) is 2.79. The molecule has 0 amide bonds. The molecule has 2 atom stereocenters. The van der Waals surface area contributed by atoms with Crippen LogP contribution in [0.5, 0.6) is 0 Å². The molecule has 0 aliphatic carbocycles. The SMILES string of the molecule is CNC(c1c(F)cccc1Cl)C1CSCCN1C. The first kappa shape index (κ1) is 14.1. The highest BCUT2D eigenvalue weighted by Gasteiger charge is 2.31. The number of hydrogen-bond donors (Lipinski definition) is 1. The summed E-state index contributed by atoms with van der Waals surface area (Å²) in [7, 11) is 3.95. The number of halogens is 2.